The zero-order chi connectivity index (χ0) is 13.7. The van der Waals surface area contributed by atoms with Crippen molar-refractivity contribution in [2.45, 2.75) is 95.0 Å². The average Bonchev–Trinajstić information content (AvgIpc) is 3.13. The average molecular weight is 277 g/mol. The fraction of sp³-hybridized carbons (Fsp3) is 1.00. The molecule has 3 heterocycles. The van der Waals surface area contributed by atoms with Gasteiger partial charge in [-0.3, -0.25) is 9.80 Å². The molecule has 0 amide bonds. The Balaban J connectivity index is 1.42. The number of piperidine rings is 1. The van der Waals surface area contributed by atoms with E-state index in [2.05, 4.69) is 29.0 Å². The maximum absolute atomic E-state index is 3.80. The van der Waals surface area contributed by atoms with Crippen molar-refractivity contribution >= 4 is 0 Å². The summed E-state index contributed by atoms with van der Waals surface area (Å²) in [5.74, 6) is 0. The van der Waals surface area contributed by atoms with Crippen molar-refractivity contribution in [3.8, 4) is 0 Å². The predicted molar refractivity (Wildman–Crippen MR) is 82.9 cm³/mol. The van der Waals surface area contributed by atoms with Crippen LogP contribution < -0.4 is 5.32 Å². The Morgan fingerprint density at radius 1 is 1.00 bits per heavy atom. The third kappa shape index (κ3) is 2.42. The van der Waals surface area contributed by atoms with Crippen molar-refractivity contribution in [2.75, 3.05) is 13.1 Å². The predicted octanol–water partition coefficient (Wildman–Crippen LogP) is 2.22. The van der Waals surface area contributed by atoms with Crippen molar-refractivity contribution in [1.29, 1.82) is 0 Å². The number of hydrogen-bond donors (Lipinski definition) is 1. The maximum atomic E-state index is 3.80. The van der Waals surface area contributed by atoms with Crippen LogP contribution in [-0.2, 0) is 0 Å². The SMILES string of the molecule is CCN(C1CC2CCC(C1)N2)C1CC(C)N(C2CC2)C1. The van der Waals surface area contributed by atoms with Gasteiger partial charge in [0.25, 0.3) is 0 Å². The molecule has 0 aromatic heterocycles. The fourth-order valence-electron chi connectivity index (χ4n) is 5.29. The third-order valence-corrected chi connectivity index (χ3v) is 6.37. The van der Waals surface area contributed by atoms with Gasteiger partial charge in [-0.2, -0.15) is 0 Å². The number of likely N-dealkylation sites (N-methyl/N-ethyl adjacent to an activating group) is 1. The van der Waals surface area contributed by atoms with Crippen LogP contribution in [0.3, 0.4) is 0 Å². The van der Waals surface area contributed by atoms with Gasteiger partial charge in [-0.15, -0.1) is 0 Å². The van der Waals surface area contributed by atoms with Gasteiger partial charge in [0.1, 0.15) is 0 Å². The number of nitrogens with zero attached hydrogens (tertiary/aromatic N) is 2. The molecule has 2 bridgehead atoms. The van der Waals surface area contributed by atoms with E-state index in [0.717, 1.165) is 36.3 Å². The maximum Gasteiger partial charge on any atom is 0.0241 e. The van der Waals surface area contributed by atoms with E-state index >= 15 is 0 Å². The second-order valence-corrected chi connectivity index (χ2v) is 7.76. The molecule has 20 heavy (non-hydrogen) atoms. The largest absolute Gasteiger partial charge is 0.311 e. The van der Waals surface area contributed by atoms with Crippen LogP contribution in [0.1, 0.15) is 58.8 Å². The minimum atomic E-state index is 0.819. The molecule has 1 N–H and O–H groups in total. The van der Waals surface area contributed by atoms with Crippen LogP contribution in [0.5, 0.6) is 0 Å². The van der Waals surface area contributed by atoms with Gasteiger partial charge >= 0.3 is 0 Å². The van der Waals surface area contributed by atoms with E-state index in [1.807, 2.05) is 0 Å². The molecule has 3 aliphatic heterocycles. The number of nitrogens with one attached hydrogen (secondary N) is 1. The van der Waals surface area contributed by atoms with Crippen molar-refractivity contribution in [3.63, 3.8) is 0 Å². The zero-order valence-corrected chi connectivity index (χ0v) is 13.2. The summed E-state index contributed by atoms with van der Waals surface area (Å²) in [5, 5.41) is 3.80. The molecule has 3 nitrogen and oxygen atoms in total. The molecule has 4 atom stereocenters. The van der Waals surface area contributed by atoms with E-state index in [-0.39, 0.29) is 0 Å². The molecule has 3 heteroatoms. The number of rotatable bonds is 4. The van der Waals surface area contributed by atoms with Gasteiger partial charge < -0.3 is 5.32 Å². The topological polar surface area (TPSA) is 18.5 Å². The molecule has 0 aromatic rings. The van der Waals surface area contributed by atoms with E-state index in [1.165, 1.54) is 58.0 Å². The summed E-state index contributed by atoms with van der Waals surface area (Å²) < 4.78 is 0. The highest BCUT2D eigenvalue weighted by Gasteiger charge is 2.43. The Labute approximate surface area is 124 Å². The van der Waals surface area contributed by atoms with Gasteiger partial charge in [-0.25, -0.2) is 0 Å². The van der Waals surface area contributed by atoms with Crippen molar-refractivity contribution < 1.29 is 0 Å². The fourth-order valence-corrected chi connectivity index (χ4v) is 5.29. The highest BCUT2D eigenvalue weighted by Crippen LogP contribution is 2.37. The summed E-state index contributed by atoms with van der Waals surface area (Å²) in [4.78, 5) is 5.69. The number of fused-ring (bicyclic) bond motifs is 2. The summed E-state index contributed by atoms with van der Waals surface area (Å²) in [7, 11) is 0. The highest BCUT2D eigenvalue weighted by molar-refractivity contribution is 5.01. The second kappa shape index (κ2) is 5.26. The molecule has 4 aliphatic rings. The molecule has 114 valence electrons. The van der Waals surface area contributed by atoms with Crippen LogP contribution in [0.25, 0.3) is 0 Å². The number of hydrogen-bond acceptors (Lipinski definition) is 3. The Kier molecular flexibility index (Phi) is 3.56. The van der Waals surface area contributed by atoms with Crippen molar-refractivity contribution in [2.24, 2.45) is 0 Å². The van der Waals surface area contributed by atoms with E-state index in [0.29, 0.717) is 0 Å². The quantitative estimate of drug-likeness (QED) is 0.850. The van der Waals surface area contributed by atoms with Crippen molar-refractivity contribution in [3.05, 3.63) is 0 Å². The minimum Gasteiger partial charge on any atom is -0.311 e. The van der Waals surface area contributed by atoms with Gasteiger partial charge in [0.15, 0.2) is 0 Å². The standard InChI is InChI=1S/C17H31N3/c1-3-19(16-9-13-4-5-14(10-16)18-13)17-8-12(2)20(11-17)15-6-7-15/h12-18H,3-11H2,1-2H3. The van der Waals surface area contributed by atoms with Gasteiger partial charge in [0.2, 0.25) is 0 Å². The lowest BCUT2D eigenvalue weighted by Gasteiger charge is -2.40. The summed E-state index contributed by atoms with van der Waals surface area (Å²) in [6.45, 7) is 7.44. The molecular formula is C17H31N3. The molecule has 1 saturated carbocycles. The van der Waals surface area contributed by atoms with E-state index in [9.17, 15) is 0 Å². The first kappa shape index (κ1) is 13.5. The Bertz CT molecular complexity index is 342. The van der Waals surface area contributed by atoms with Crippen LogP contribution >= 0.6 is 0 Å². The van der Waals surface area contributed by atoms with Crippen LogP contribution in [-0.4, -0.2) is 59.1 Å². The van der Waals surface area contributed by atoms with Crippen molar-refractivity contribution in [1.82, 2.24) is 15.1 Å². The van der Waals surface area contributed by atoms with E-state index < -0.39 is 0 Å². The zero-order valence-electron chi connectivity index (χ0n) is 13.2. The van der Waals surface area contributed by atoms with Gasteiger partial charge in [-0.1, -0.05) is 6.92 Å². The van der Waals surface area contributed by atoms with Crippen LogP contribution in [0.2, 0.25) is 0 Å². The molecule has 4 rings (SSSR count). The first-order valence-electron chi connectivity index (χ1n) is 9.02. The molecule has 0 spiro atoms. The number of likely N-dealkylation sites (tertiary alicyclic amines) is 1. The van der Waals surface area contributed by atoms with Gasteiger partial charge in [-0.05, 0) is 58.4 Å². The monoisotopic (exact) mass is 277 g/mol. The minimum absolute atomic E-state index is 0.819. The summed E-state index contributed by atoms with van der Waals surface area (Å²) in [6, 6.07) is 5.10. The first-order chi connectivity index (χ1) is 9.74. The van der Waals surface area contributed by atoms with Crippen LogP contribution in [0, 0.1) is 0 Å². The molecule has 4 fully saturated rings. The third-order valence-electron chi connectivity index (χ3n) is 6.37. The molecule has 1 aliphatic carbocycles. The Morgan fingerprint density at radius 3 is 2.30 bits per heavy atom. The lowest BCUT2D eigenvalue weighted by molar-refractivity contribution is 0.101. The first-order valence-corrected chi connectivity index (χ1v) is 9.02. The Hall–Kier alpha value is -0.120. The summed E-state index contributed by atoms with van der Waals surface area (Å²) in [5.41, 5.74) is 0. The molecule has 4 unspecified atom stereocenters. The van der Waals surface area contributed by atoms with Crippen LogP contribution in [0.4, 0.5) is 0 Å². The smallest absolute Gasteiger partial charge is 0.0241 e. The van der Waals surface area contributed by atoms with Crippen LogP contribution in [0.15, 0.2) is 0 Å². The van der Waals surface area contributed by atoms with Gasteiger partial charge in [0.05, 0.1) is 0 Å². The van der Waals surface area contributed by atoms with E-state index in [4.69, 9.17) is 0 Å². The molecular weight excluding hydrogens is 246 g/mol. The lowest BCUT2D eigenvalue weighted by atomic mass is 9.96. The normalized spacial score (nSPS) is 45.5. The second-order valence-electron chi connectivity index (χ2n) is 7.76. The molecule has 0 aromatic carbocycles. The molecule has 0 radical (unpaired) electrons. The van der Waals surface area contributed by atoms with Gasteiger partial charge in [0, 0.05) is 42.8 Å². The highest BCUT2D eigenvalue weighted by atomic mass is 15.3. The Morgan fingerprint density at radius 2 is 1.70 bits per heavy atom. The molecule has 3 saturated heterocycles. The van der Waals surface area contributed by atoms with E-state index in [1.54, 1.807) is 0 Å². The lowest BCUT2D eigenvalue weighted by Crippen LogP contribution is -2.52. The summed E-state index contributed by atoms with van der Waals surface area (Å²) >= 11 is 0. The summed E-state index contributed by atoms with van der Waals surface area (Å²) in [6.07, 6.45) is 9.98.